The molecule has 1 aliphatic rings. The van der Waals surface area contributed by atoms with Crippen LogP contribution in [-0.4, -0.2) is 17.9 Å². The van der Waals surface area contributed by atoms with Crippen LogP contribution in [0, 0.1) is 0 Å². The molecular formula is C13H17ClI3N. The van der Waals surface area contributed by atoms with Gasteiger partial charge in [-0.25, -0.2) is 0 Å². The fourth-order valence-electron chi connectivity index (χ4n) is 1.95. The van der Waals surface area contributed by atoms with E-state index in [-0.39, 0.29) is 0 Å². The molecule has 1 aromatic carbocycles. The van der Waals surface area contributed by atoms with E-state index in [0.29, 0.717) is 5.32 Å². The number of halogens is 4. The van der Waals surface area contributed by atoms with Crippen LogP contribution in [0.15, 0.2) is 18.2 Å². The van der Waals surface area contributed by atoms with Gasteiger partial charge in [-0.1, -0.05) is 86.0 Å². The van der Waals surface area contributed by atoms with Crippen molar-refractivity contribution < 1.29 is 0 Å². The van der Waals surface area contributed by atoms with Crippen LogP contribution in [-0.2, 0) is 18.8 Å². The van der Waals surface area contributed by atoms with E-state index in [1.54, 1.807) is 0 Å². The molecule has 0 spiro atoms. The summed E-state index contributed by atoms with van der Waals surface area (Å²) in [5.41, 5.74) is 4.25. The van der Waals surface area contributed by atoms with Gasteiger partial charge >= 0.3 is 0 Å². The zero-order chi connectivity index (χ0) is 13.8. The molecule has 1 aromatic rings. The summed E-state index contributed by atoms with van der Waals surface area (Å²) in [6.45, 7) is 4.37. The molecule has 0 aromatic heterocycles. The Labute approximate surface area is 156 Å². The molecule has 2 rings (SSSR count). The molecule has 0 bridgehead atoms. The number of fused-ring (bicyclic) bond motifs is 1. The van der Waals surface area contributed by atoms with Crippen LogP contribution in [0.25, 0.3) is 0 Å². The van der Waals surface area contributed by atoms with E-state index in [4.69, 9.17) is 11.6 Å². The summed E-state index contributed by atoms with van der Waals surface area (Å²) < 4.78 is 0.410. The lowest BCUT2D eigenvalue weighted by Crippen LogP contribution is -2.27. The molecule has 1 heterocycles. The number of rotatable bonds is 1. The molecule has 1 aliphatic heterocycles. The third kappa shape index (κ3) is 6.90. The molecule has 0 fully saturated rings. The average Bonchev–Trinajstić information content (AvgIpc) is 2.25. The minimum atomic E-state index is 0.410. The van der Waals surface area contributed by atoms with Crippen LogP contribution in [0.1, 0.15) is 23.6 Å². The Bertz CT molecular complexity index is 384. The highest BCUT2D eigenvalue weighted by atomic mass is 127. The van der Waals surface area contributed by atoms with Crippen molar-refractivity contribution in [1.82, 2.24) is 4.90 Å². The summed E-state index contributed by atoms with van der Waals surface area (Å²) in [4.78, 5) is 2.35. The van der Waals surface area contributed by atoms with Gasteiger partial charge in [-0.2, -0.15) is 0 Å². The minimum absolute atomic E-state index is 0.410. The van der Waals surface area contributed by atoms with Gasteiger partial charge in [-0.05, 0) is 37.1 Å². The second-order valence-electron chi connectivity index (χ2n) is 4.46. The van der Waals surface area contributed by atoms with Crippen LogP contribution in [0.5, 0.6) is 0 Å². The monoisotopic (exact) mass is 603 g/mol. The van der Waals surface area contributed by atoms with Crippen molar-refractivity contribution >= 4 is 79.4 Å². The van der Waals surface area contributed by atoms with E-state index < -0.39 is 0 Å². The third-order valence-electron chi connectivity index (χ3n) is 2.70. The van der Waals surface area contributed by atoms with Gasteiger partial charge in [0.05, 0.1) is 0 Å². The van der Waals surface area contributed by atoms with Crippen molar-refractivity contribution in [2.45, 2.75) is 25.2 Å². The zero-order valence-electron chi connectivity index (χ0n) is 10.5. The van der Waals surface area contributed by atoms with Gasteiger partial charge in [0.25, 0.3) is 0 Å². The molecule has 18 heavy (non-hydrogen) atoms. The molecule has 0 saturated carbocycles. The largest absolute Gasteiger partial charge is 0.302 e. The second kappa shape index (κ2) is 8.19. The van der Waals surface area contributed by atoms with Gasteiger partial charge in [-0.15, -0.1) is 11.6 Å². The minimum Gasteiger partial charge on any atom is -0.302 e. The lowest BCUT2D eigenvalue weighted by Gasteiger charge is -2.26. The molecule has 0 radical (unpaired) electrons. The summed E-state index contributed by atoms with van der Waals surface area (Å²) in [6, 6.07) is 6.45. The number of likely N-dealkylation sites (N-methyl/N-ethyl adjacent to an activating group) is 1. The van der Waals surface area contributed by atoms with Gasteiger partial charge < -0.3 is 4.90 Å². The molecule has 0 saturated heterocycles. The van der Waals surface area contributed by atoms with Gasteiger partial charge in [0.1, 0.15) is -0.565 Å². The Morgan fingerprint density at radius 2 is 1.94 bits per heavy atom. The first-order valence-electron chi connectivity index (χ1n) is 5.72. The van der Waals surface area contributed by atoms with E-state index in [9.17, 15) is 0 Å². The molecule has 5 heteroatoms. The van der Waals surface area contributed by atoms with Crippen molar-refractivity contribution in [1.29, 1.82) is 0 Å². The summed E-state index contributed by atoms with van der Waals surface area (Å²) in [6.07, 6.45) is 1.15. The maximum Gasteiger partial charge on any atom is 0.121 e. The van der Waals surface area contributed by atoms with Crippen LogP contribution in [0.2, 0.25) is 0 Å². The molecule has 0 unspecified atom stereocenters. The Kier molecular flexibility index (Phi) is 8.06. The molecule has 0 amide bonds. The molecular weight excluding hydrogens is 586 g/mol. The second-order valence-corrected chi connectivity index (χ2v) is 17.4. The highest BCUT2D eigenvalue weighted by molar-refractivity contribution is 14.3. The summed E-state index contributed by atoms with van der Waals surface area (Å²) in [5, 5.41) is 0. The van der Waals surface area contributed by atoms with Gasteiger partial charge in [0.2, 0.25) is 0 Å². The number of hydrogen-bond acceptors (Lipinski definition) is 1. The SMILES string of the molecule is CC(I)(I)I.CN1CCc2c(CCl)cccc2C1. The first-order chi connectivity index (χ1) is 8.31. The number of hydrogen-bond donors (Lipinski definition) is 0. The fraction of sp³-hybridized carbons (Fsp3) is 0.538. The van der Waals surface area contributed by atoms with Crippen molar-refractivity contribution in [3.63, 3.8) is 0 Å². The van der Waals surface area contributed by atoms with Gasteiger partial charge in [0, 0.05) is 19.0 Å². The lowest BCUT2D eigenvalue weighted by atomic mass is 9.96. The molecule has 0 atom stereocenters. The number of benzene rings is 1. The molecule has 1 nitrogen and oxygen atoms in total. The molecule has 0 N–H and O–H groups in total. The highest BCUT2D eigenvalue weighted by Crippen LogP contribution is 2.33. The number of nitrogens with zero attached hydrogens (tertiary/aromatic N) is 1. The van der Waals surface area contributed by atoms with E-state index in [2.05, 4.69) is 105 Å². The maximum absolute atomic E-state index is 5.89. The Hall–Kier alpha value is 1.66. The maximum atomic E-state index is 5.89. The van der Waals surface area contributed by atoms with E-state index >= 15 is 0 Å². The van der Waals surface area contributed by atoms with Crippen LogP contribution < -0.4 is 0 Å². The lowest BCUT2D eigenvalue weighted by molar-refractivity contribution is 0.312. The first-order valence-corrected chi connectivity index (χ1v) is 9.49. The zero-order valence-corrected chi connectivity index (χ0v) is 17.7. The van der Waals surface area contributed by atoms with Crippen LogP contribution in [0.4, 0.5) is 0 Å². The Morgan fingerprint density at radius 1 is 1.33 bits per heavy atom. The van der Waals surface area contributed by atoms with E-state index in [1.807, 2.05) is 0 Å². The van der Waals surface area contributed by atoms with Gasteiger partial charge in [0.15, 0.2) is 0 Å². The van der Waals surface area contributed by atoms with Crippen molar-refractivity contribution in [3.05, 3.63) is 34.9 Å². The van der Waals surface area contributed by atoms with E-state index in [0.717, 1.165) is 19.5 Å². The smallest absolute Gasteiger partial charge is 0.121 e. The quantitative estimate of drug-likeness (QED) is 0.308. The Balaban J connectivity index is 0.000000280. The third-order valence-corrected chi connectivity index (χ3v) is 2.99. The fourth-order valence-corrected chi connectivity index (χ4v) is 2.21. The number of alkyl halides is 4. The van der Waals surface area contributed by atoms with Crippen molar-refractivity contribution in [2.24, 2.45) is 0 Å². The predicted octanol–water partition coefficient (Wildman–Crippen LogP) is 5.38. The van der Waals surface area contributed by atoms with Crippen molar-refractivity contribution in [2.75, 3.05) is 13.6 Å². The predicted molar refractivity (Wildman–Crippen MR) is 107 cm³/mol. The first kappa shape index (κ1) is 17.7. The average molecular weight is 603 g/mol. The summed E-state index contributed by atoms with van der Waals surface area (Å²) >= 11 is 12.9. The van der Waals surface area contributed by atoms with Crippen molar-refractivity contribution in [3.8, 4) is 0 Å². The highest BCUT2D eigenvalue weighted by Gasteiger charge is 2.14. The normalized spacial score (nSPS) is 15.7. The summed E-state index contributed by atoms with van der Waals surface area (Å²) in [7, 11) is 2.16. The van der Waals surface area contributed by atoms with Crippen LogP contribution in [0.3, 0.4) is 0 Å². The molecule has 102 valence electrons. The van der Waals surface area contributed by atoms with Gasteiger partial charge in [-0.3, -0.25) is 0 Å². The topological polar surface area (TPSA) is 3.24 Å². The Morgan fingerprint density at radius 3 is 2.50 bits per heavy atom. The molecule has 0 aliphatic carbocycles. The summed E-state index contributed by atoms with van der Waals surface area (Å²) in [5.74, 6) is 0.646. The van der Waals surface area contributed by atoms with E-state index in [1.165, 1.54) is 16.7 Å². The standard InChI is InChI=1S/C11H14ClN.C2H3I3/c1-13-6-5-11-9(7-12)3-2-4-10(11)8-13;1-2(3,4)5/h2-4H,5-8H2,1H3;1H3. The van der Waals surface area contributed by atoms with Crippen LogP contribution >= 0.6 is 79.4 Å².